The van der Waals surface area contributed by atoms with E-state index >= 15 is 0 Å². The fraction of sp³-hybridized carbons (Fsp3) is 0.208. The van der Waals surface area contributed by atoms with E-state index in [2.05, 4.69) is 4.72 Å². The maximum Gasteiger partial charge on any atom is 0.258 e. The van der Waals surface area contributed by atoms with Crippen molar-refractivity contribution >= 4 is 21.6 Å². The molecule has 160 valence electrons. The molecule has 0 aromatic heterocycles. The lowest BCUT2D eigenvalue weighted by Gasteiger charge is -2.30. The number of aryl methyl sites for hydroxylation is 1. The Bertz CT molecular complexity index is 1180. The van der Waals surface area contributed by atoms with Gasteiger partial charge in [-0.3, -0.25) is 4.79 Å². The van der Waals surface area contributed by atoms with Crippen LogP contribution in [-0.4, -0.2) is 27.4 Å². The second kappa shape index (κ2) is 8.99. The largest absolute Gasteiger partial charge is 0.308 e. The predicted octanol–water partition coefficient (Wildman–Crippen LogP) is 3.94. The van der Waals surface area contributed by atoms with Gasteiger partial charge in [-0.05, 0) is 72.9 Å². The number of nitrogens with zero attached hydrogens (tertiary/aromatic N) is 1. The van der Waals surface area contributed by atoms with Crippen LogP contribution in [0.15, 0.2) is 77.7 Å². The minimum atomic E-state index is -3.65. The van der Waals surface area contributed by atoms with Crippen molar-refractivity contribution < 1.29 is 17.6 Å². The number of carbonyl (C=O) groups excluding carboxylic acids is 1. The summed E-state index contributed by atoms with van der Waals surface area (Å²) >= 11 is 0. The van der Waals surface area contributed by atoms with Crippen LogP contribution in [0.25, 0.3) is 0 Å². The summed E-state index contributed by atoms with van der Waals surface area (Å²) in [5.41, 5.74) is 2.97. The van der Waals surface area contributed by atoms with Crippen LogP contribution in [0.3, 0.4) is 0 Å². The lowest BCUT2D eigenvalue weighted by molar-refractivity contribution is 0.0985. The molecule has 0 unspecified atom stereocenters. The van der Waals surface area contributed by atoms with E-state index < -0.39 is 15.8 Å². The van der Waals surface area contributed by atoms with Gasteiger partial charge in [-0.1, -0.05) is 30.3 Å². The van der Waals surface area contributed by atoms with Crippen molar-refractivity contribution in [3.05, 3.63) is 95.3 Å². The number of halogens is 1. The van der Waals surface area contributed by atoms with Gasteiger partial charge in [0.15, 0.2) is 0 Å². The highest BCUT2D eigenvalue weighted by atomic mass is 32.2. The Balaban J connectivity index is 1.51. The van der Waals surface area contributed by atoms with Crippen molar-refractivity contribution in [3.8, 4) is 0 Å². The molecule has 31 heavy (non-hydrogen) atoms. The number of nitrogens with one attached hydrogen (secondary N) is 1. The van der Waals surface area contributed by atoms with Gasteiger partial charge in [-0.15, -0.1) is 0 Å². The Labute approximate surface area is 181 Å². The third-order valence-electron chi connectivity index (χ3n) is 5.36. The Morgan fingerprint density at radius 1 is 1.00 bits per heavy atom. The highest BCUT2D eigenvalue weighted by molar-refractivity contribution is 7.89. The van der Waals surface area contributed by atoms with Crippen LogP contribution in [0, 0.1) is 5.82 Å². The van der Waals surface area contributed by atoms with Crippen molar-refractivity contribution in [2.45, 2.75) is 24.2 Å². The monoisotopic (exact) mass is 438 g/mol. The van der Waals surface area contributed by atoms with Gasteiger partial charge in [0.1, 0.15) is 5.82 Å². The molecule has 1 amide bonds. The first-order valence-corrected chi connectivity index (χ1v) is 11.7. The van der Waals surface area contributed by atoms with E-state index in [0.29, 0.717) is 37.2 Å². The third-order valence-corrected chi connectivity index (χ3v) is 6.82. The van der Waals surface area contributed by atoms with Crippen LogP contribution in [0.4, 0.5) is 10.1 Å². The smallest absolute Gasteiger partial charge is 0.258 e. The number of amides is 1. The van der Waals surface area contributed by atoms with E-state index in [1.54, 1.807) is 17.0 Å². The Kier molecular flexibility index (Phi) is 6.15. The van der Waals surface area contributed by atoms with Gasteiger partial charge in [0, 0.05) is 24.3 Å². The first kappa shape index (κ1) is 21.2. The fourth-order valence-electron chi connectivity index (χ4n) is 3.76. The third kappa shape index (κ3) is 4.84. The molecule has 3 aromatic rings. The number of benzene rings is 3. The molecule has 4 rings (SSSR count). The zero-order valence-corrected chi connectivity index (χ0v) is 17.7. The van der Waals surface area contributed by atoms with Gasteiger partial charge in [0.25, 0.3) is 5.91 Å². The molecule has 0 saturated heterocycles. The van der Waals surface area contributed by atoms with E-state index in [9.17, 15) is 17.6 Å². The second-order valence-corrected chi connectivity index (χ2v) is 9.26. The van der Waals surface area contributed by atoms with Crippen molar-refractivity contribution in [2.75, 3.05) is 18.0 Å². The van der Waals surface area contributed by atoms with Crippen molar-refractivity contribution in [1.82, 2.24) is 4.72 Å². The topological polar surface area (TPSA) is 66.5 Å². The zero-order chi connectivity index (χ0) is 21.8. The molecule has 0 saturated carbocycles. The molecule has 1 heterocycles. The maximum absolute atomic E-state index is 13.2. The Morgan fingerprint density at radius 2 is 1.74 bits per heavy atom. The standard InChI is InChI=1S/C24H23FN2O3S/c25-21-10-8-19(9-11-21)24(28)27-16-4-7-20-17-22(12-13-23(20)27)31(29,30)26-15-14-18-5-2-1-3-6-18/h1-3,5-6,8-13,17,26H,4,7,14-16H2. The summed E-state index contributed by atoms with van der Waals surface area (Å²) in [5, 5.41) is 0. The molecule has 0 atom stereocenters. The molecule has 7 heteroatoms. The van der Waals surface area contributed by atoms with Crippen LogP contribution < -0.4 is 9.62 Å². The number of hydrogen-bond donors (Lipinski definition) is 1. The number of sulfonamides is 1. The lowest BCUT2D eigenvalue weighted by atomic mass is 10.0. The van der Waals surface area contributed by atoms with Crippen LogP contribution in [0.2, 0.25) is 0 Å². The normalized spacial score (nSPS) is 13.6. The minimum Gasteiger partial charge on any atom is -0.308 e. The molecular weight excluding hydrogens is 415 g/mol. The van der Waals surface area contributed by atoms with Crippen molar-refractivity contribution in [2.24, 2.45) is 0 Å². The summed E-state index contributed by atoms with van der Waals surface area (Å²) in [6.45, 7) is 0.837. The van der Waals surface area contributed by atoms with Gasteiger partial charge in [-0.25, -0.2) is 17.5 Å². The van der Waals surface area contributed by atoms with Crippen LogP contribution in [0.5, 0.6) is 0 Å². The van der Waals surface area contributed by atoms with E-state index in [0.717, 1.165) is 17.5 Å². The maximum atomic E-state index is 13.2. The lowest BCUT2D eigenvalue weighted by Crippen LogP contribution is -2.35. The summed E-state index contributed by atoms with van der Waals surface area (Å²) in [5.74, 6) is -0.622. The van der Waals surface area contributed by atoms with Gasteiger partial charge < -0.3 is 4.90 Å². The van der Waals surface area contributed by atoms with E-state index in [1.807, 2.05) is 30.3 Å². The molecule has 5 nitrogen and oxygen atoms in total. The summed E-state index contributed by atoms with van der Waals surface area (Å²) in [6, 6.07) is 20.0. The van der Waals surface area contributed by atoms with E-state index in [-0.39, 0.29) is 10.8 Å². The molecule has 0 fully saturated rings. The first-order chi connectivity index (χ1) is 14.9. The fourth-order valence-corrected chi connectivity index (χ4v) is 4.84. The number of carbonyl (C=O) groups is 1. The van der Waals surface area contributed by atoms with Crippen LogP contribution in [-0.2, 0) is 22.9 Å². The number of anilines is 1. The molecule has 1 N–H and O–H groups in total. The highest BCUT2D eigenvalue weighted by Crippen LogP contribution is 2.30. The van der Waals surface area contributed by atoms with Gasteiger partial charge in [0.2, 0.25) is 10.0 Å². The number of rotatable bonds is 6. The minimum absolute atomic E-state index is 0.190. The number of fused-ring (bicyclic) bond motifs is 1. The van der Waals surface area contributed by atoms with E-state index in [4.69, 9.17) is 0 Å². The van der Waals surface area contributed by atoms with Crippen molar-refractivity contribution in [3.63, 3.8) is 0 Å². The summed E-state index contributed by atoms with van der Waals surface area (Å²) in [4.78, 5) is 14.7. The van der Waals surface area contributed by atoms with Crippen molar-refractivity contribution in [1.29, 1.82) is 0 Å². The molecule has 3 aromatic carbocycles. The average molecular weight is 439 g/mol. The molecule has 0 radical (unpaired) electrons. The Morgan fingerprint density at radius 3 is 2.48 bits per heavy atom. The van der Waals surface area contributed by atoms with E-state index in [1.165, 1.54) is 30.3 Å². The molecule has 1 aliphatic heterocycles. The summed E-state index contributed by atoms with van der Waals surface area (Å²) < 4.78 is 41.3. The zero-order valence-electron chi connectivity index (χ0n) is 16.9. The average Bonchev–Trinajstić information content (AvgIpc) is 2.79. The SMILES string of the molecule is O=C(c1ccc(F)cc1)N1CCCc2cc(S(=O)(=O)NCCc3ccccc3)ccc21. The number of hydrogen-bond acceptors (Lipinski definition) is 3. The summed E-state index contributed by atoms with van der Waals surface area (Å²) in [6.07, 6.45) is 2.02. The van der Waals surface area contributed by atoms with Gasteiger partial charge in [0.05, 0.1) is 4.90 Å². The molecule has 0 aliphatic carbocycles. The van der Waals surface area contributed by atoms with Crippen LogP contribution >= 0.6 is 0 Å². The van der Waals surface area contributed by atoms with Crippen LogP contribution in [0.1, 0.15) is 27.9 Å². The molecule has 1 aliphatic rings. The van der Waals surface area contributed by atoms with Gasteiger partial charge >= 0.3 is 0 Å². The summed E-state index contributed by atoms with van der Waals surface area (Å²) in [7, 11) is -3.65. The quantitative estimate of drug-likeness (QED) is 0.634. The molecule has 0 bridgehead atoms. The molecule has 0 spiro atoms. The first-order valence-electron chi connectivity index (χ1n) is 10.2. The molecular formula is C24H23FN2O3S. The second-order valence-electron chi connectivity index (χ2n) is 7.49. The predicted molar refractivity (Wildman–Crippen MR) is 118 cm³/mol. The highest BCUT2D eigenvalue weighted by Gasteiger charge is 2.25. The Hall–Kier alpha value is -3.03. The van der Waals surface area contributed by atoms with Gasteiger partial charge in [-0.2, -0.15) is 0 Å².